The first-order valence-electron chi connectivity index (χ1n) is 6.11. The molecular formula is C14H21NO3. The smallest absolute Gasteiger partial charge is 0.303 e. The minimum Gasteiger partial charge on any atom is -0.481 e. The maximum absolute atomic E-state index is 10.4. The molecule has 1 aromatic rings. The second kappa shape index (κ2) is 6.40. The molecule has 0 aliphatic heterocycles. The summed E-state index contributed by atoms with van der Waals surface area (Å²) in [5, 5.41) is 21.4. The number of rotatable bonds is 6. The highest BCUT2D eigenvalue weighted by atomic mass is 16.4. The van der Waals surface area contributed by atoms with Gasteiger partial charge in [-0.3, -0.25) is 4.79 Å². The van der Waals surface area contributed by atoms with Gasteiger partial charge in [-0.05, 0) is 38.3 Å². The van der Waals surface area contributed by atoms with Crippen molar-refractivity contribution < 1.29 is 15.0 Å². The molecule has 18 heavy (non-hydrogen) atoms. The molecule has 1 aromatic carbocycles. The maximum atomic E-state index is 10.4. The third kappa shape index (κ3) is 4.37. The van der Waals surface area contributed by atoms with E-state index < -0.39 is 12.1 Å². The van der Waals surface area contributed by atoms with Crippen LogP contribution in [0.4, 0.5) is 5.69 Å². The molecule has 0 fully saturated rings. The summed E-state index contributed by atoms with van der Waals surface area (Å²) in [6.45, 7) is 6.46. The zero-order valence-corrected chi connectivity index (χ0v) is 11.2. The number of aliphatic carboxylic acids is 1. The molecule has 0 bridgehead atoms. The summed E-state index contributed by atoms with van der Waals surface area (Å²) in [5.74, 6) is -0.878. The molecule has 0 aliphatic carbocycles. The van der Waals surface area contributed by atoms with Crippen LogP contribution in [0.5, 0.6) is 0 Å². The molecule has 0 spiro atoms. The van der Waals surface area contributed by atoms with Gasteiger partial charge in [0.1, 0.15) is 0 Å². The van der Waals surface area contributed by atoms with Gasteiger partial charge in [-0.1, -0.05) is 17.7 Å². The molecule has 1 rings (SSSR count). The van der Waals surface area contributed by atoms with E-state index in [0.717, 1.165) is 16.8 Å². The SMILES string of the molecule is Cc1cc(C)c(NCC(O)CCC(=O)O)c(C)c1. The third-order valence-electron chi connectivity index (χ3n) is 2.88. The predicted molar refractivity (Wildman–Crippen MR) is 72.0 cm³/mol. The molecule has 1 atom stereocenters. The van der Waals surface area contributed by atoms with Crippen LogP contribution < -0.4 is 5.32 Å². The molecule has 0 amide bonds. The number of carboxylic acid groups (broad SMARTS) is 1. The van der Waals surface area contributed by atoms with Gasteiger partial charge in [-0.2, -0.15) is 0 Å². The first kappa shape index (κ1) is 14.5. The van der Waals surface area contributed by atoms with Crippen molar-refractivity contribution in [1.82, 2.24) is 0 Å². The molecule has 0 radical (unpaired) electrons. The van der Waals surface area contributed by atoms with E-state index in [1.807, 2.05) is 20.8 Å². The second-order valence-corrected chi connectivity index (χ2v) is 4.74. The van der Waals surface area contributed by atoms with Crippen molar-refractivity contribution in [3.8, 4) is 0 Å². The Kier molecular flexibility index (Phi) is 5.16. The largest absolute Gasteiger partial charge is 0.481 e. The summed E-state index contributed by atoms with van der Waals surface area (Å²) in [5.41, 5.74) is 4.51. The van der Waals surface area contributed by atoms with Gasteiger partial charge in [-0.15, -0.1) is 0 Å². The van der Waals surface area contributed by atoms with Crippen LogP contribution >= 0.6 is 0 Å². The minimum absolute atomic E-state index is 0.00525. The number of nitrogens with one attached hydrogen (secondary N) is 1. The van der Waals surface area contributed by atoms with E-state index in [1.54, 1.807) is 0 Å². The van der Waals surface area contributed by atoms with Crippen molar-refractivity contribution in [1.29, 1.82) is 0 Å². The first-order valence-corrected chi connectivity index (χ1v) is 6.11. The van der Waals surface area contributed by atoms with Crippen molar-refractivity contribution in [2.75, 3.05) is 11.9 Å². The topological polar surface area (TPSA) is 69.6 Å². The maximum Gasteiger partial charge on any atom is 0.303 e. The van der Waals surface area contributed by atoms with Crippen LogP contribution in [0, 0.1) is 20.8 Å². The Morgan fingerprint density at radius 3 is 2.33 bits per heavy atom. The predicted octanol–water partition coefficient (Wildman–Crippen LogP) is 2.25. The Hall–Kier alpha value is -1.55. The fraction of sp³-hybridized carbons (Fsp3) is 0.500. The number of hydrogen-bond acceptors (Lipinski definition) is 3. The van der Waals surface area contributed by atoms with Crippen molar-refractivity contribution >= 4 is 11.7 Å². The third-order valence-corrected chi connectivity index (χ3v) is 2.88. The van der Waals surface area contributed by atoms with E-state index in [1.165, 1.54) is 5.56 Å². The molecular weight excluding hydrogens is 230 g/mol. The van der Waals surface area contributed by atoms with Gasteiger partial charge in [0.05, 0.1) is 6.10 Å². The zero-order valence-electron chi connectivity index (χ0n) is 11.2. The van der Waals surface area contributed by atoms with E-state index in [4.69, 9.17) is 5.11 Å². The highest BCUT2D eigenvalue weighted by Crippen LogP contribution is 2.21. The van der Waals surface area contributed by atoms with Gasteiger partial charge < -0.3 is 15.5 Å². The average Bonchev–Trinajstić information content (AvgIpc) is 2.24. The molecule has 4 nitrogen and oxygen atoms in total. The number of carboxylic acids is 1. The summed E-state index contributed by atoms with van der Waals surface area (Å²) >= 11 is 0. The lowest BCUT2D eigenvalue weighted by Gasteiger charge is -2.16. The zero-order chi connectivity index (χ0) is 13.7. The van der Waals surface area contributed by atoms with Crippen LogP contribution in [0.1, 0.15) is 29.5 Å². The van der Waals surface area contributed by atoms with Crippen LogP contribution in [0.2, 0.25) is 0 Å². The standard InChI is InChI=1S/C14H21NO3/c1-9-6-10(2)14(11(3)7-9)15-8-12(16)4-5-13(17)18/h6-7,12,15-16H,4-5,8H2,1-3H3,(H,17,18). The van der Waals surface area contributed by atoms with Crippen molar-refractivity contribution in [2.24, 2.45) is 0 Å². The van der Waals surface area contributed by atoms with Gasteiger partial charge in [0.2, 0.25) is 0 Å². The molecule has 100 valence electrons. The van der Waals surface area contributed by atoms with E-state index in [2.05, 4.69) is 17.4 Å². The molecule has 4 heteroatoms. The fourth-order valence-corrected chi connectivity index (χ4v) is 2.07. The number of benzene rings is 1. The van der Waals surface area contributed by atoms with Gasteiger partial charge >= 0.3 is 5.97 Å². The van der Waals surface area contributed by atoms with Crippen LogP contribution in [-0.2, 0) is 4.79 Å². The quantitative estimate of drug-likeness (QED) is 0.725. The van der Waals surface area contributed by atoms with Gasteiger partial charge in [0.15, 0.2) is 0 Å². The lowest BCUT2D eigenvalue weighted by atomic mass is 10.0. The summed E-state index contributed by atoms with van der Waals surface area (Å²) < 4.78 is 0. The molecule has 1 unspecified atom stereocenters. The Morgan fingerprint density at radius 2 is 1.83 bits per heavy atom. The van der Waals surface area contributed by atoms with Crippen LogP contribution in [0.3, 0.4) is 0 Å². The van der Waals surface area contributed by atoms with Crippen LogP contribution in [-0.4, -0.2) is 28.8 Å². The van der Waals surface area contributed by atoms with E-state index in [9.17, 15) is 9.90 Å². The highest BCUT2D eigenvalue weighted by molar-refractivity contribution is 5.66. The van der Waals surface area contributed by atoms with E-state index >= 15 is 0 Å². The molecule has 0 heterocycles. The summed E-state index contributed by atoms with van der Waals surface area (Å²) in [6.07, 6.45) is -0.373. The number of hydrogen-bond donors (Lipinski definition) is 3. The lowest BCUT2D eigenvalue weighted by Crippen LogP contribution is -2.21. The Balaban J connectivity index is 2.55. The first-order chi connectivity index (χ1) is 8.40. The highest BCUT2D eigenvalue weighted by Gasteiger charge is 2.09. The summed E-state index contributed by atoms with van der Waals surface area (Å²) in [7, 11) is 0. The van der Waals surface area contributed by atoms with Gasteiger partial charge in [0, 0.05) is 18.7 Å². The van der Waals surface area contributed by atoms with Crippen LogP contribution in [0.15, 0.2) is 12.1 Å². The molecule has 0 aliphatic rings. The molecule has 0 aromatic heterocycles. The Labute approximate surface area is 108 Å². The monoisotopic (exact) mass is 251 g/mol. The van der Waals surface area contributed by atoms with Crippen LogP contribution in [0.25, 0.3) is 0 Å². The summed E-state index contributed by atoms with van der Waals surface area (Å²) in [6, 6.07) is 4.16. The average molecular weight is 251 g/mol. The molecule has 0 saturated heterocycles. The van der Waals surface area contributed by atoms with Crippen molar-refractivity contribution in [2.45, 2.75) is 39.7 Å². The van der Waals surface area contributed by atoms with Gasteiger partial charge in [0.25, 0.3) is 0 Å². The number of aryl methyl sites for hydroxylation is 3. The number of anilines is 1. The number of carbonyl (C=O) groups is 1. The fourth-order valence-electron chi connectivity index (χ4n) is 2.07. The van der Waals surface area contributed by atoms with Crippen molar-refractivity contribution in [3.63, 3.8) is 0 Å². The lowest BCUT2D eigenvalue weighted by molar-refractivity contribution is -0.137. The Morgan fingerprint density at radius 1 is 1.28 bits per heavy atom. The second-order valence-electron chi connectivity index (χ2n) is 4.74. The summed E-state index contributed by atoms with van der Waals surface area (Å²) in [4.78, 5) is 10.4. The number of aliphatic hydroxyl groups is 1. The number of aliphatic hydroxyl groups excluding tert-OH is 1. The van der Waals surface area contributed by atoms with E-state index in [0.29, 0.717) is 6.54 Å². The van der Waals surface area contributed by atoms with E-state index in [-0.39, 0.29) is 12.8 Å². The van der Waals surface area contributed by atoms with Gasteiger partial charge in [-0.25, -0.2) is 0 Å². The normalized spacial score (nSPS) is 12.2. The molecule has 0 saturated carbocycles. The Bertz CT molecular complexity index is 406. The minimum atomic E-state index is -0.878. The van der Waals surface area contributed by atoms with Crippen molar-refractivity contribution in [3.05, 3.63) is 28.8 Å². The molecule has 3 N–H and O–H groups in total.